The molecule has 0 spiro atoms. The average Bonchev–Trinajstić information content (AvgIpc) is 2.41. The van der Waals surface area contributed by atoms with Gasteiger partial charge in [-0.1, -0.05) is 22.0 Å². The second-order valence-electron chi connectivity index (χ2n) is 5.74. The van der Waals surface area contributed by atoms with Gasteiger partial charge >= 0.3 is 0 Å². The Balaban J connectivity index is 2.23. The molecule has 1 aromatic carbocycles. The molecule has 3 nitrogen and oxygen atoms in total. The van der Waals surface area contributed by atoms with Gasteiger partial charge in [0.1, 0.15) is 0 Å². The number of likely N-dealkylation sites (N-methyl/N-ethyl adjacent to an activating group) is 1. The third-order valence-electron chi connectivity index (χ3n) is 4.32. The summed E-state index contributed by atoms with van der Waals surface area (Å²) in [6.07, 6.45) is 2.17. The molecule has 1 N–H and O–H groups in total. The fraction of sp³-hybridized carbons (Fsp3) is 0.600. The van der Waals surface area contributed by atoms with Gasteiger partial charge in [-0.05, 0) is 51.6 Å². The molecule has 1 heterocycles. The standard InChI is InChI=1S/C15H23BrN2O/c1-12-5-6-13(9-14(12)16)18-8-4-7-15(10-18,11-19)17(2)3/h5-6,9,19H,4,7-8,10-11H2,1-3H3. The predicted octanol–water partition coefficient (Wildman–Crippen LogP) is 2.65. The Morgan fingerprint density at radius 3 is 2.74 bits per heavy atom. The maximum absolute atomic E-state index is 9.80. The number of rotatable bonds is 3. The number of aliphatic hydroxyl groups excluding tert-OH is 1. The molecule has 1 aliphatic rings. The molecule has 1 aliphatic heterocycles. The second kappa shape index (κ2) is 5.81. The van der Waals surface area contributed by atoms with Crippen LogP contribution in [0.5, 0.6) is 0 Å². The van der Waals surface area contributed by atoms with Gasteiger partial charge in [0.25, 0.3) is 0 Å². The average molecular weight is 327 g/mol. The van der Waals surface area contributed by atoms with E-state index in [1.807, 2.05) is 0 Å². The summed E-state index contributed by atoms with van der Waals surface area (Å²) in [6, 6.07) is 6.49. The summed E-state index contributed by atoms with van der Waals surface area (Å²) in [6.45, 7) is 4.25. The van der Waals surface area contributed by atoms with Crippen molar-refractivity contribution in [3.05, 3.63) is 28.2 Å². The number of halogens is 1. The van der Waals surface area contributed by atoms with E-state index in [-0.39, 0.29) is 12.1 Å². The van der Waals surface area contributed by atoms with Crippen LogP contribution in [0.2, 0.25) is 0 Å². The first kappa shape index (κ1) is 14.8. The van der Waals surface area contributed by atoms with Gasteiger partial charge in [0.2, 0.25) is 0 Å². The van der Waals surface area contributed by atoms with E-state index in [9.17, 15) is 5.11 Å². The van der Waals surface area contributed by atoms with Gasteiger partial charge in [-0.3, -0.25) is 4.90 Å². The van der Waals surface area contributed by atoms with Crippen molar-refractivity contribution >= 4 is 21.6 Å². The van der Waals surface area contributed by atoms with Gasteiger partial charge in [0.05, 0.1) is 12.1 Å². The summed E-state index contributed by atoms with van der Waals surface area (Å²) in [5.41, 5.74) is 2.37. The normalized spacial score (nSPS) is 24.0. The third kappa shape index (κ3) is 2.96. The Hall–Kier alpha value is -0.580. The maximum Gasteiger partial charge on any atom is 0.0632 e. The monoisotopic (exact) mass is 326 g/mol. The fourth-order valence-corrected chi connectivity index (χ4v) is 3.11. The molecule has 1 fully saturated rings. The highest BCUT2D eigenvalue weighted by atomic mass is 79.9. The number of hydrogen-bond acceptors (Lipinski definition) is 3. The topological polar surface area (TPSA) is 26.7 Å². The molecule has 2 rings (SSSR count). The molecular formula is C15H23BrN2O. The van der Waals surface area contributed by atoms with E-state index < -0.39 is 0 Å². The van der Waals surface area contributed by atoms with Crippen molar-refractivity contribution in [3.8, 4) is 0 Å². The summed E-state index contributed by atoms with van der Waals surface area (Å²) in [7, 11) is 4.12. The molecule has 0 aromatic heterocycles. The van der Waals surface area contributed by atoms with Crippen molar-refractivity contribution in [1.29, 1.82) is 0 Å². The number of hydrogen-bond donors (Lipinski definition) is 1. The minimum absolute atomic E-state index is 0.115. The lowest BCUT2D eigenvalue weighted by Gasteiger charge is -2.46. The lowest BCUT2D eigenvalue weighted by atomic mass is 9.88. The first-order valence-corrected chi connectivity index (χ1v) is 7.57. The molecular weight excluding hydrogens is 304 g/mol. The molecule has 0 amide bonds. The zero-order valence-corrected chi connectivity index (χ0v) is 13.6. The van der Waals surface area contributed by atoms with Crippen molar-refractivity contribution in [2.24, 2.45) is 0 Å². The highest BCUT2D eigenvalue weighted by Gasteiger charge is 2.37. The van der Waals surface area contributed by atoms with Crippen molar-refractivity contribution in [2.45, 2.75) is 25.3 Å². The molecule has 1 saturated heterocycles. The van der Waals surface area contributed by atoms with Crippen LogP contribution in [0, 0.1) is 6.92 Å². The van der Waals surface area contributed by atoms with Crippen molar-refractivity contribution in [2.75, 3.05) is 38.7 Å². The van der Waals surface area contributed by atoms with E-state index in [0.717, 1.165) is 30.4 Å². The molecule has 1 aromatic rings. The van der Waals surface area contributed by atoms with Gasteiger partial charge in [-0.15, -0.1) is 0 Å². The summed E-state index contributed by atoms with van der Waals surface area (Å²) in [5.74, 6) is 0. The van der Waals surface area contributed by atoms with E-state index in [1.54, 1.807) is 0 Å². The van der Waals surface area contributed by atoms with Crippen molar-refractivity contribution in [3.63, 3.8) is 0 Å². The van der Waals surface area contributed by atoms with Crippen LogP contribution in [0.4, 0.5) is 5.69 Å². The second-order valence-corrected chi connectivity index (χ2v) is 6.59. The zero-order valence-electron chi connectivity index (χ0n) is 12.0. The van der Waals surface area contributed by atoms with Crippen LogP contribution in [0.3, 0.4) is 0 Å². The lowest BCUT2D eigenvalue weighted by Crippen LogP contribution is -2.58. The number of aryl methyl sites for hydroxylation is 1. The van der Waals surface area contributed by atoms with E-state index >= 15 is 0 Å². The molecule has 4 heteroatoms. The highest BCUT2D eigenvalue weighted by molar-refractivity contribution is 9.10. The van der Waals surface area contributed by atoms with Crippen molar-refractivity contribution in [1.82, 2.24) is 4.90 Å². The number of benzene rings is 1. The molecule has 1 unspecified atom stereocenters. The van der Waals surface area contributed by atoms with Gasteiger partial charge < -0.3 is 10.0 Å². The smallest absolute Gasteiger partial charge is 0.0632 e. The summed E-state index contributed by atoms with van der Waals surface area (Å²) in [5, 5.41) is 9.80. The largest absolute Gasteiger partial charge is 0.394 e. The Morgan fingerprint density at radius 2 is 2.16 bits per heavy atom. The number of piperidine rings is 1. The molecule has 19 heavy (non-hydrogen) atoms. The van der Waals surface area contributed by atoms with Gasteiger partial charge in [-0.25, -0.2) is 0 Å². The Kier molecular flexibility index (Phi) is 4.54. The summed E-state index contributed by atoms with van der Waals surface area (Å²) >= 11 is 3.60. The SMILES string of the molecule is Cc1ccc(N2CCCC(CO)(N(C)C)C2)cc1Br. The minimum Gasteiger partial charge on any atom is -0.394 e. The summed E-state index contributed by atoms with van der Waals surface area (Å²) in [4.78, 5) is 4.55. The number of aliphatic hydroxyl groups is 1. The number of anilines is 1. The summed E-state index contributed by atoms with van der Waals surface area (Å²) < 4.78 is 1.15. The van der Waals surface area contributed by atoms with E-state index in [4.69, 9.17) is 0 Å². The van der Waals surface area contributed by atoms with Crippen LogP contribution in [-0.4, -0.2) is 49.3 Å². The van der Waals surface area contributed by atoms with E-state index in [1.165, 1.54) is 11.3 Å². The van der Waals surface area contributed by atoms with Gasteiger partial charge in [0, 0.05) is 23.2 Å². The van der Waals surface area contributed by atoms with Crippen LogP contribution >= 0.6 is 15.9 Å². The predicted molar refractivity (Wildman–Crippen MR) is 83.8 cm³/mol. The maximum atomic E-state index is 9.80. The molecule has 0 saturated carbocycles. The quantitative estimate of drug-likeness (QED) is 0.925. The van der Waals surface area contributed by atoms with Crippen LogP contribution in [0.1, 0.15) is 18.4 Å². The highest BCUT2D eigenvalue weighted by Crippen LogP contribution is 2.31. The zero-order chi connectivity index (χ0) is 14.0. The Morgan fingerprint density at radius 1 is 1.42 bits per heavy atom. The van der Waals surface area contributed by atoms with Gasteiger partial charge in [-0.2, -0.15) is 0 Å². The molecule has 0 radical (unpaired) electrons. The van der Waals surface area contributed by atoms with Crippen molar-refractivity contribution < 1.29 is 5.11 Å². The Bertz CT molecular complexity index is 450. The van der Waals surface area contributed by atoms with E-state index in [0.29, 0.717) is 0 Å². The van der Waals surface area contributed by atoms with Crippen LogP contribution in [0.15, 0.2) is 22.7 Å². The van der Waals surface area contributed by atoms with Crippen LogP contribution in [-0.2, 0) is 0 Å². The molecule has 106 valence electrons. The third-order valence-corrected chi connectivity index (χ3v) is 5.17. The fourth-order valence-electron chi connectivity index (χ4n) is 2.75. The minimum atomic E-state index is -0.115. The molecule has 1 atom stereocenters. The first-order valence-electron chi connectivity index (χ1n) is 6.78. The van der Waals surface area contributed by atoms with Crippen LogP contribution in [0.25, 0.3) is 0 Å². The van der Waals surface area contributed by atoms with E-state index in [2.05, 4.69) is 64.9 Å². The van der Waals surface area contributed by atoms with Gasteiger partial charge in [0.15, 0.2) is 0 Å². The van der Waals surface area contributed by atoms with Crippen LogP contribution < -0.4 is 4.90 Å². The molecule has 0 bridgehead atoms. The molecule has 0 aliphatic carbocycles. The number of nitrogens with zero attached hydrogens (tertiary/aromatic N) is 2. The Labute approximate surface area is 124 Å². The lowest BCUT2D eigenvalue weighted by molar-refractivity contribution is 0.0547. The first-order chi connectivity index (χ1) is 8.98.